The van der Waals surface area contributed by atoms with E-state index in [1.807, 2.05) is 25.2 Å². The van der Waals surface area contributed by atoms with Crippen molar-refractivity contribution >= 4 is 5.97 Å². The molecule has 0 aromatic carbocycles. The Kier molecular flexibility index (Phi) is 5.80. The predicted molar refractivity (Wildman–Crippen MR) is 66.8 cm³/mol. The molecule has 1 unspecified atom stereocenters. The van der Waals surface area contributed by atoms with Crippen LogP contribution in [0, 0.1) is 0 Å². The number of hydrogen-bond donors (Lipinski definition) is 1. The van der Waals surface area contributed by atoms with Gasteiger partial charge in [0, 0.05) is 31.9 Å². The average molecular weight is 255 g/mol. The number of carbonyl (C=O) groups excluding carboxylic acids is 1. The molecule has 1 N–H and O–H groups in total. The highest BCUT2D eigenvalue weighted by atomic mass is 16.5. The molecule has 0 aliphatic heterocycles. The lowest BCUT2D eigenvalue weighted by Gasteiger charge is -2.19. The van der Waals surface area contributed by atoms with Crippen molar-refractivity contribution in [3.8, 4) is 0 Å². The molecule has 6 nitrogen and oxygen atoms in total. The van der Waals surface area contributed by atoms with Gasteiger partial charge in [0.2, 0.25) is 0 Å². The number of aliphatic hydroxyl groups is 1. The van der Waals surface area contributed by atoms with Gasteiger partial charge in [0.05, 0.1) is 25.3 Å². The quantitative estimate of drug-likeness (QED) is 0.703. The van der Waals surface area contributed by atoms with Crippen LogP contribution in [0.4, 0.5) is 0 Å². The van der Waals surface area contributed by atoms with E-state index in [-0.39, 0.29) is 12.4 Å². The third-order valence-corrected chi connectivity index (χ3v) is 2.44. The first-order chi connectivity index (χ1) is 8.51. The van der Waals surface area contributed by atoms with Crippen molar-refractivity contribution in [2.75, 3.05) is 20.2 Å². The number of carbonyl (C=O) groups is 1. The van der Waals surface area contributed by atoms with Crippen LogP contribution in [-0.4, -0.2) is 52.1 Å². The van der Waals surface area contributed by atoms with Gasteiger partial charge in [0.25, 0.3) is 0 Å². The second-order valence-electron chi connectivity index (χ2n) is 4.38. The Hall–Kier alpha value is -1.40. The number of aryl methyl sites for hydroxylation is 1. The van der Waals surface area contributed by atoms with Crippen molar-refractivity contribution in [3.05, 3.63) is 18.0 Å². The smallest absolute Gasteiger partial charge is 0.308 e. The molecule has 0 saturated heterocycles. The Morgan fingerprint density at radius 3 is 2.94 bits per heavy atom. The van der Waals surface area contributed by atoms with Gasteiger partial charge in [-0.3, -0.25) is 14.4 Å². The second-order valence-corrected chi connectivity index (χ2v) is 4.38. The molecule has 1 atom stereocenters. The zero-order valence-corrected chi connectivity index (χ0v) is 11.2. The van der Waals surface area contributed by atoms with Gasteiger partial charge >= 0.3 is 5.97 Å². The maximum atomic E-state index is 11.2. The van der Waals surface area contributed by atoms with Crippen LogP contribution >= 0.6 is 0 Å². The fourth-order valence-corrected chi connectivity index (χ4v) is 1.77. The van der Waals surface area contributed by atoms with Crippen LogP contribution < -0.4 is 0 Å². The summed E-state index contributed by atoms with van der Waals surface area (Å²) in [5, 5.41) is 13.8. The van der Waals surface area contributed by atoms with Crippen molar-refractivity contribution in [2.24, 2.45) is 7.05 Å². The number of likely N-dealkylation sites (N-methyl/N-ethyl adjacent to an activating group) is 1. The number of esters is 1. The summed E-state index contributed by atoms with van der Waals surface area (Å²) in [6.07, 6.45) is 3.04. The third-order valence-electron chi connectivity index (χ3n) is 2.44. The fourth-order valence-electron chi connectivity index (χ4n) is 1.77. The summed E-state index contributed by atoms with van der Waals surface area (Å²) < 4.78 is 6.52. The van der Waals surface area contributed by atoms with Crippen LogP contribution in [0.1, 0.15) is 18.9 Å². The van der Waals surface area contributed by atoms with Crippen molar-refractivity contribution in [1.82, 2.24) is 14.7 Å². The molecule has 6 heteroatoms. The van der Waals surface area contributed by atoms with Crippen molar-refractivity contribution in [1.29, 1.82) is 0 Å². The van der Waals surface area contributed by atoms with Gasteiger partial charge in [-0.05, 0) is 14.0 Å². The molecular weight excluding hydrogens is 234 g/mol. The lowest BCUT2D eigenvalue weighted by atomic mass is 10.2. The Labute approximate surface area is 107 Å². The second kappa shape index (κ2) is 7.13. The Morgan fingerprint density at radius 2 is 2.39 bits per heavy atom. The molecule has 0 saturated carbocycles. The predicted octanol–water partition coefficient (Wildman–Crippen LogP) is 0.166. The van der Waals surface area contributed by atoms with E-state index < -0.39 is 6.10 Å². The number of aromatic nitrogens is 2. The van der Waals surface area contributed by atoms with Gasteiger partial charge < -0.3 is 9.84 Å². The van der Waals surface area contributed by atoms with Crippen LogP contribution in [0.2, 0.25) is 0 Å². The number of rotatable bonds is 7. The molecule has 18 heavy (non-hydrogen) atoms. The molecule has 0 radical (unpaired) electrons. The zero-order valence-electron chi connectivity index (χ0n) is 11.2. The van der Waals surface area contributed by atoms with Crippen molar-refractivity contribution in [3.63, 3.8) is 0 Å². The van der Waals surface area contributed by atoms with E-state index in [2.05, 4.69) is 5.10 Å². The number of nitrogens with zero attached hydrogens (tertiary/aromatic N) is 3. The van der Waals surface area contributed by atoms with Gasteiger partial charge in [-0.15, -0.1) is 0 Å². The van der Waals surface area contributed by atoms with Crippen LogP contribution in [0.15, 0.2) is 12.4 Å². The first-order valence-corrected chi connectivity index (χ1v) is 6.01. The Morgan fingerprint density at radius 1 is 1.67 bits per heavy atom. The SMILES string of the molecule is CCOC(=O)CC(O)CN(C)Cc1cnn(C)c1. The summed E-state index contributed by atoms with van der Waals surface area (Å²) in [4.78, 5) is 13.1. The Balaban J connectivity index is 2.30. The van der Waals surface area contributed by atoms with Crippen LogP contribution in [0.25, 0.3) is 0 Å². The molecule has 1 heterocycles. The molecule has 0 spiro atoms. The fraction of sp³-hybridized carbons (Fsp3) is 0.667. The van der Waals surface area contributed by atoms with E-state index in [0.717, 1.165) is 5.56 Å². The van der Waals surface area contributed by atoms with Crippen LogP contribution in [0.3, 0.4) is 0 Å². The largest absolute Gasteiger partial charge is 0.466 e. The Bertz CT molecular complexity index is 378. The van der Waals surface area contributed by atoms with E-state index in [1.165, 1.54) is 0 Å². The molecule has 0 bridgehead atoms. The van der Waals surface area contributed by atoms with Crippen LogP contribution in [0.5, 0.6) is 0 Å². The molecule has 1 aromatic rings. The zero-order chi connectivity index (χ0) is 13.5. The maximum absolute atomic E-state index is 11.2. The lowest BCUT2D eigenvalue weighted by Crippen LogP contribution is -2.30. The highest BCUT2D eigenvalue weighted by Gasteiger charge is 2.14. The summed E-state index contributed by atoms with van der Waals surface area (Å²) in [5.74, 6) is -0.361. The standard InChI is InChI=1S/C12H21N3O3/c1-4-18-12(17)5-11(16)9-14(2)7-10-6-13-15(3)8-10/h6,8,11,16H,4-5,7,9H2,1-3H3. The highest BCUT2D eigenvalue weighted by molar-refractivity contribution is 5.69. The molecule has 0 fully saturated rings. The van der Waals surface area contributed by atoms with E-state index >= 15 is 0 Å². The van der Waals surface area contributed by atoms with Crippen molar-refractivity contribution in [2.45, 2.75) is 26.0 Å². The van der Waals surface area contributed by atoms with Gasteiger partial charge in [-0.25, -0.2) is 0 Å². The molecule has 102 valence electrons. The van der Waals surface area contributed by atoms with Gasteiger partial charge in [-0.1, -0.05) is 0 Å². The molecule has 0 aliphatic carbocycles. The first kappa shape index (κ1) is 14.7. The summed E-state index contributed by atoms with van der Waals surface area (Å²) in [6, 6.07) is 0. The lowest BCUT2D eigenvalue weighted by molar-refractivity contribution is -0.145. The number of hydrogen-bond acceptors (Lipinski definition) is 5. The summed E-state index contributed by atoms with van der Waals surface area (Å²) >= 11 is 0. The minimum Gasteiger partial charge on any atom is -0.466 e. The molecule has 0 aliphatic rings. The van der Waals surface area contributed by atoms with E-state index in [0.29, 0.717) is 19.7 Å². The van der Waals surface area contributed by atoms with Gasteiger partial charge in [0.1, 0.15) is 0 Å². The molecule has 1 rings (SSSR count). The molecule has 0 amide bonds. The summed E-state index contributed by atoms with van der Waals surface area (Å²) in [5.41, 5.74) is 1.07. The van der Waals surface area contributed by atoms with E-state index in [4.69, 9.17) is 4.74 Å². The number of ether oxygens (including phenoxy) is 1. The summed E-state index contributed by atoms with van der Waals surface area (Å²) in [7, 11) is 3.75. The monoisotopic (exact) mass is 255 g/mol. The van der Waals surface area contributed by atoms with Crippen molar-refractivity contribution < 1.29 is 14.6 Å². The van der Waals surface area contributed by atoms with Gasteiger partial charge in [-0.2, -0.15) is 5.10 Å². The van der Waals surface area contributed by atoms with Crippen LogP contribution in [-0.2, 0) is 23.1 Å². The average Bonchev–Trinajstić information content (AvgIpc) is 2.63. The minimum absolute atomic E-state index is 0.0330. The van der Waals surface area contributed by atoms with Gasteiger partial charge in [0.15, 0.2) is 0 Å². The summed E-state index contributed by atoms with van der Waals surface area (Å²) in [6.45, 7) is 3.21. The third kappa shape index (κ3) is 5.29. The van der Waals surface area contributed by atoms with E-state index in [9.17, 15) is 9.90 Å². The number of aliphatic hydroxyl groups excluding tert-OH is 1. The first-order valence-electron chi connectivity index (χ1n) is 6.01. The topological polar surface area (TPSA) is 67.6 Å². The molecule has 1 aromatic heterocycles. The molecular formula is C12H21N3O3. The maximum Gasteiger partial charge on any atom is 0.308 e. The minimum atomic E-state index is -0.703. The normalized spacial score (nSPS) is 12.7. The van der Waals surface area contributed by atoms with E-state index in [1.54, 1.807) is 17.8 Å². The highest BCUT2D eigenvalue weighted by Crippen LogP contribution is 2.04.